The van der Waals surface area contributed by atoms with Crippen molar-refractivity contribution < 1.29 is 9.47 Å². The lowest BCUT2D eigenvalue weighted by Gasteiger charge is -2.16. The van der Waals surface area contributed by atoms with Crippen LogP contribution in [0.15, 0.2) is 18.2 Å². The van der Waals surface area contributed by atoms with Crippen molar-refractivity contribution in [2.45, 2.75) is 26.1 Å². The van der Waals surface area contributed by atoms with Crippen LogP contribution in [0, 0.1) is 6.92 Å². The monoisotopic (exact) mass is 204 g/mol. The molecule has 0 bridgehead atoms. The van der Waals surface area contributed by atoms with Crippen LogP contribution in [0.1, 0.15) is 24.2 Å². The lowest BCUT2D eigenvalue weighted by Crippen LogP contribution is -2.16. The number of hydrogen-bond donors (Lipinski definition) is 0. The molecule has 3 heteroatoms. The maximum atomic E-state index is 5.76. The van der Waals surface area contributed by atoms with Gasteiger partial charge in [-0.25, -0.2) is 0 Å². The van der Waals surface area contributed by atoms with Gasteiger partial charge in [0.2, 0.25) is 0 Å². The summed E-state index contributed by atoms with van der Waals surface area (Å²) in [6.45, 7) is 5.79. The number of benzene rings is 1. The SMILES string of the molecule is Bc1ccc(C)cc1[C@@H](C)OC[C@H]1CO1. The lowest BCUT2D eigenvalue weighted by atomic mass is 9.87. The molecule has 0 N–H and O–H groups in total. The summed E-state index contributed by atoms with van der Waals surface area (Å²) in [7, 11) is 2.13. The summed E-state index contributed by atoms with van der Waals surface area (Å²) >= 11 is 0. The molecule has 15 heavy (non-hydrogen) atoms. The summed E-state index contributed by atoms with van der Waals surface area (Å²) in [5, 5.41) is 0. The molecule has 2 atom stereocenters. The minimum absolute atomic E-state index is 0.161. The summed E-state index contributed by atoms with van der Waals surface area (Å²) in [4.78, 5) is 0. The molecular weight excluding hydrogens is 187 g/mol. The van der Waals surface area contributed by atoms with E-state index in [9.17, 15) is 0 Å². The van der Waals surface area contributed by atoms with Gasteiger partial charge in [-0.3, -0.25) is 0 Å². The Morgan fingerprint density at radius 3 is 3.00 bits per heavy atom. The van der Waals surface area contributed by atoms with Gasteiger partial charge in [-0.05, 0) is 19.4 Å². The molecule has 2 rings (SSSR count). The maximum absolute atomic E-state index is 5.76. The first-order valence-electron chi connectivity index (χ1n) is 5.47. The minimum Gasteiger partial charge on any atom is -0.371 e. The van der Waals surface area contributed by atoms with E-state index in [0.29, 0.717) is 12.7 Å². The molecule has 1 heterocycles. The fourth-order valence-corrected chi connectivity index (χ4v) is 1.70. The molecule has 1 aliphatic rings. The number of epoxide rings is 1. The first-order valence-corrected chi connectivity index (χ1v) is 5.47. The summed E-state index contributed by atoms with van der Waals surface area (Å²) in [6, 6.07) is 6.49. The van der Waals surface area contributed by atoms with Crippen LogP contribution in [0.2, 0.25) is 0 Å². The molecular formula is C12H17BO2. The van der Waals surface area contributed by atoms with E-state index in [0.717, 1.165) is 6.61 Å². The molecule has 0 spiro atoms. The third kappa shape index (κ3) is 2.83. The summed E-state index contributed by atoms with van der Waals surface area (Å²) in [5.74, 6) is 0. The Bertz CT molecular complexity index is 347. The zero-order valence-corrected chi connectivity index (χ0v) is 9.62. The van der Waals surface area contributed by atoms with Gasteiger partial charge >= 0.3 is 0 Å². The van der Waals surface area contributed by atoms with Crippen LogP contribution in [-0.4, -0.2) is 27.2 Å². The summed E-state index contributed by atoms with van der Waals surface area (Å²) in [6.07, 6.45) is 0.506. The summed E-state index contributed by atoms with van der Waals surface area (Å²) < 4.78 is 10.9. The lowest BCUT2D eigenvalue weighted by molar-refractivity contribution is 0.0545. The fraction of sp³-hybridized carbons (Fsp3) is 0.500. The second-order valence-corrected chi connectivity index (χ2v) is 4.29. The van der Waals surface area contributed by atoms with Crippen molar-refractivity contribution in [3.8, 4) is 0 Å². The highest BCUT2D eigenvalue weighted by molar-refractivity contribution is 6.33. The van der Waals surface area contributed by atoms with Crippen molar-refractivity contribution in [2.75, 3.05) is 13.2 Å². The highest BCUT2D eigenvalue weighted by Crippen LogP contribution is 2.18. The van der Waals surface area contributed by atoms with E-state index in [2.05, 4.69) is 39.9 Å². The van der Waals surface area contributed by atoms with Crippen LogP contribution < -0.4 is 5.46 Å². The van der Waals surface area contributed by atoms with Crippen LogP contribution in [0.25, 0.3) is 0 Å². The van der Waals surface area contributed by atoms with Gasteiger partial charge in [-0.1, -0.05) is 29.2 Å². The van der Waals surface area contributed by atoms with Crippen molar-refractivity contribution in [2.24, 2.45) is 0 Å². The van der Waals surface area contributed by atoms with Crippen LogP contribution in [0.5, 0.6) is 0 Å². The Morgan fingerprint density at radius 1 is 1.60 bits per heavy atom. The molecule has 0 radical (unpaired) electrons. The molecule has 0 amide bonds. The van der Waals surface area contributed by atoms with Crippen LogP contribution in [0.3, 0.4) is 0 Å². The normalized spacial score (nSPS) is 21.3. The second-order valence-electron chi connectivity index (χ2n) is 4.29. The van der Waals surface area contributed by atoms with Gasteiger partial charge in [0.15, 0.2) is 0 Å². The van der Waals surface area contributed by atoms with Gasteiger partial charge < -0.3 is 9.47 Å². The molecule has 80 valence electrons. The van der Waals surface area contributed by atoms with E-state index in [4.69, 9.17) is 9.47 Å². The summed E-state index contributed by atoms with van der Waals surface area (Å²) in [5.41, 5.74) is 3.87. The van der Waals surface area contributed by atoms with Gasteiger partial charge in [-0.2, -0.15) is 0 Å². The van der Waals surface area contributed by atoms with E-state index in [1.807, 2.05) is 0 Å². The minimum atomic E-state index is 0.161. The van der Waals surface area contributed by atoms with Gasteiger partial charge in [0.25, 0.3) is 0 Å². The van der Waals surface area contributed by atoms with Crippen LogP contribution in [0.4, 0.5) is 0 Å². The second kappa shape index (κ2) is 4.37. The zero-order valence-electron chi connectivity index (χ0n) is 9.62. The Kier molecular flexibility index (Phi) is 3.12. The van der Waals surface area contributed by atoms with E-state index < -0.39 is 0 Å². The van der Waals surface area contributed by atoms with Gasteiger partial charge in [0.05, 0.1) is 19.3 Å². The maximum Gasteiger partial charge on any atom is 0.139 e. The van der Waals surface area contributed by atoms with Crippen molar-refractivity contribution in [1.29, 1.82) is 0 Å². The average molecular weight is 204 g/mol. The Labute approximate surface area is 92.0 Å². The molecule has 1 aliphatic heterocycles. The molecule has 0 aliphatic carbocycles. The van der Waals surface area contributed by atoms with E-state index in [1.165, 1.54) is 16.6 Å². The topological polar surface area (TPSA) is 21.8 Å². The Morgan fingerprint density at radius 2 is 2.33 bits per heavy atom. The Hall–Kier alpha value is -0.795. The zero-order chi connectivity index (χ0) is 10.8. The molecule has 1 aromatic carbocycles. The van der Waals surface area contributed by atoms with Gasteiger partial charge in [-0.15, -0.1) is 0 Å². The highest BCUT2D eigenvalue weighted by atomic mass is 16.6. The molecule has 1 fully saturated rings. The smallest absolute Gasteiger partial charge is 0.139 e. The number of aryl methyl sites for hydroxylation is 1. The first-order chi connectivity index (χ1) is 7.16. The molecule has 0 aromatic heterocycles. The van der Waals surface area contributed by atoms with Gasteiger partial charge in [0, 0.05) is 0 Å². The standard InChI is InChI=1S/C12H17BO2/c1-8-3-4-12(13)11(5-8)9(2)14-6-10-7-15-10/h3-5,9-10H,6-7,13H2,1-2H3/t9-,10+/m1/s1. The number of rotatable bonds is 4. The van der Waals surface area contributed by atoms with E-state index >= 15 is 0 Å². The predicted octanol–water partition coefficient (Wildman–Crippen LogP) is 0.730. The number of ether oxygens (including phenoxy) is 2. The molecule has 2 nitrogen and oxygen atoms in total. The fourth-order valence-electron chi connectivity index (χ4n) is 1.70. The van der Waals surface area contributed by atoms with Crippen molar-refractivity contribution in [1.82, 2.24) is 0 Å². The quantitative estimate of drug-likeness (QED) is 0.532. The molecule has 0 saturated carbocycles. The Balaban J connectivity index is 2.02. The largest absolute Gasteiger partial charge is 0.371 e. The van der Waals surface area contributed by atoms with E-state index in [1.54, 1.807) is 0 Å². The molecule has 1 saturated heterocycles. The van der Waals surface area contributed by atoms with Crippen molar-refractivity contribution in [3.63, 3.8) is 0 Å². The van der Waals surface area contributed by atoms with Crippen molar-refractivity contribution >= 4 is 13.3 Å². The van der Waals surface area contributed by atoms with Crippen molar-refractivity contribution in [3.05, 3.63) is 29.3 Å². The first kappa shape index (κ1) is 10.7. The molecule has 0 unspecified atom stereocenters. The third-order valence-electron chi connectivity index (χ3n) is 2.81. The highest BCUT2D eigenvalue weighted by Gasteiger charge is 2.23. The molecule has 1 aromatic rings. The predicted molar refractivity (Wildman–Crippen MR) is 63.5 cm³/mol. The number of hydrogen-bond acceptors (Lipinski definition) is 2. The van der Waals surface area contributed by atoms with Crippen LogP contribution >= 0.6 is 0 Å². The van der Waals surface area contributed by atoms with E-state index in [-0.39, 0.29) is 6.10 Å². The van der Waals surface area contributed by atoms with Gasteiger partial charge in [0.1, 0.15) is 14.0 Å². The average Bonchev–Trinajstić information content (AvgIpc) is 3.02. The third-order valence-corrected chi connectivity index (χ3v) is 2.81. The van der Waals surface area contributed by atoms with Crippen LogP contribution in [-0.2, 0) is 9.47 Å².